The van der Waals surface area contributed by atoms with Crippen LogP contribution in [0, 0.1) is 0 Å². The van der Waals surface area contributed by atoms with E-state index in [0.29, 0.717) is 0 Å². The Balaban J connectivity index is 2.37. The zero-order valence-corrected chi connectivity index (χ0v) is 7.84. The van der Waals surface area contributed by atoms with Gasteiger partial charge in [0.2, 0.25) is 0 Å². The van der Waals surface area contributed by atoms with Crippen molar-refractivity contribution in [2.24, 2.45) is 10.9 Å². The van der Waals surface area contributed by atoms with Crippen LogP contribution in [0.4, 0.5) is 0 Å². The minimum atomic E-state index is -0.304. The number of nitrogens with two attached hydrogens (primary N) is 1. The molecule has 14 heavy (non-hydrogen) atoms. The molecule has 4 nitrogen and oxygen atoms in total. The van der Waals surface area contributed by atoms with Crippen LogP contribution in [0.25, 0.3) is 0 Å². The fraction of sp³-hybridized carbons (Fsp3) is 0.200. The van der Waals surface area contributed by atoms with Crippen molar-refractivity contribution < 1.29 is 4.79 Å². The number of hydrogen-bond acceptors (Lipinski definition) is 3. The van der Waals surface area contributed by atoms with E-state index in [2.05, 4.69) is 5.10 Å². The second-order valence-electron chi connectivity index (χ2n) is 3.27. The fourth-order valence-corrected chi connectivity index (χ4v) is 1.62. The highest BCUT2D eigenvalue weighted by Gasteiger charge is 2.32. The second kappa shape index (κ2) is 3.23. The van der Waals surface area contributed by atoms with Gasteiger partial charge in [-0.3, -0.25) is 4.79 Å². The average molecular weight is 189 g/mol. The predicted molar refractivity (Wildman–Crippen MR) is 53.3 cm³/mol. The van der Waals surface area contributed by atoms with Crippen molar-refractivity contribution in [2.75, 3.05) is 0 Å². The first kappa shape index (κ1) is 8.90. The molecule has 2 N–H and O–H groups in total. The number of hydrogen-bond donors (Lipinski definition) is 1. The highest BCUT2D eigenvalue weighted by Crippen LogP contribution is 2.24. The molecule has 1 aromatic rings. The maximum Gasteiger partial charge on any atom is 0.270 e. The molecular weight excluding hydrogens is 178 g/mol. The van der Waals surface area contributed by atoms with Crippen molar-refractivity contribution in [3.8, 4) is 0 Å². The van der Waals surface area contributed by atoms with E-state index in [4.69, 9.17) is 5.84 Å². The third-order valence-electron chi connectivity index (χ3n) is 2.29. The number of hydrazine groups is 1. The van der Waals surface area contributed by atoms with Gasteiger partial charge in [0.05, 0.1) is 5.71 Å². The molecule has 2 rings (SSSR count). The summed E-state index contributed by atoms with van der Waals surface area (Å²) in [5.74, 6) is 4.92. The number of hydrazone groups is 1. The monoisotopic (exact) mass is 189 g/mol. The molecule has 1 heterocycles. The van der Waals surface area contributed by atoms with Gasteiger partial charge in [-0.2, -0.15) is 10.2 Å². The Kier molecular flexibility index (Phi) is 2.05. The topological polar surface area (TPSA) is 58.7 Å². The summed E-state index contributed by atoms with van der Waals surface area (Å²) in [5, 5.41) is 4.82. The van der Waals surface area contributed by atoms with Gasteiger partial charge < -0.3 is 0 Å². The second-order valence-corrected chi connectivity index (χ2v) is 3.27. The van der Waals surface area contributed by atoms with E-state index in [1.807, 2.05) is 37.3 Å². The van der Waals surface area contributed by atoms with Crippen molar-refractivity contribution >= 4 is 11.6 Å². The van der Waals surface area contributed by atoms with Gasteiger partial charge in [0.15, 0.2) is 0 Å². The first-order valence-corrected chi connectivity index (χ1v) is 4.39. The molecule has 1 atom stereocenters. The number of amides is 1. The first-order chi connectivity index (χ1) is 6.70. The average Bonchev–Trinajstić information content (AvgIpc) is 2.43. The Morgan fingerprint density at radius 3 is 2.50 bits per heavy atom. The van der Waals surface area contributed by atoms with Gasteiger partial charge in [-0.15, -0.1) is 0 Å². The number of carbonyl (C=O) groups excluding carboxylic acids is 1. The van der Waals surface area contributed by atoms with Gasteiger partial charge in [-0.1, -0.05) is 30.3 Å². The van der Waals surface area contributed by atoms with E-state index in [1.165, 1.54) is 0 Å². The van der Waals surface area contributed by atoms with Crippen molar-refractivity contribution in [1.82, 2.24) is 5.12 Å². The van der Waals surface area contributed by atoms with Gasteiger partial charge in [0, 0.05) is 0 Å². The maximum atomic E-state index is 11.6. The standard InChI is InChI=1S/C10H11N3O/c1-7-9(10(14)13(11)12-7)8-5-3-2-4-6-8/h2-6,9H,11H2,1H3. The zero-order valence-electron chi connectivity index (χ0n) is 7.84. The summed E-state index contributed by atoms with van der Waals surface area (Å²) in [5.41, 5.74) is 1.68. The number of rotatable bonds is 1. The van der Waals surface area contributed by atoms with Crippen LogP contribution in [-0.4, -0.2) is 16.7 Å². The highest BCUT2D eigenvalue weighted by molar-refractivity contribution is 6.11. The van der Waals surface area contributed by atoms with E-state index in [0.717, 1.165) is 16.4 Å². The Hall–Kier alpha value is -1.68. The van der Waals surface area contributed by atoms with Crippen LogP contribution in [0.3, 0.4) is 0 Å². The van der Waals surface area contributed by atoms with Crippen LogP contribution in [0.2, 0.25) is 0 Å². The predicted octanol–water partition coefficient (Wildman–Crippen LogP) is 0.862. The molecule has 0 aliphatic carbocycles. The lowest BCUT2D eigenvalue weighted by molar-refractivity contribution is -0.130. The molecule has 1 aromatic carbocycles. The van der Waals surface area contributed by atoms with E-state index >= 15 is 0 Å². The molecule has 0 aromatic heterocycles. The van der Waals surface area contributed by atoms with Crippen molar-refractivity contribution in [1.29, 1.82) is 0 Å². The van der Waals surface area contributed by atoms with Gasteiger partial charge >= 0.3 is 0 Å². The summed E-state index contributed by atoms with van der Waals surface area (Å²) >= 11 is 0. The quantitative estimate of drug-likeness (QED) is 0.526. The molecule has 0 spiro atoms. The molecule has 4 heteroatoms. The highest BCUT2D eigenvalue weighted by atomic mass is 16.2. The smallest absolute Gasteiger partial charge is 0.270 e. The summed E-state index contributed by atoms with van der Waals surface area (Å²) in [6.07, 6.45) is 0. The third-order valence-corrected chi connectivity index (χ3v) is 2.29. The summed E-state index contributed by atoms with van der Waals surface area (Å²) < 4.78 is 0. The number of nitrogens with zero attached hydrogens (tertiary/aromatic N) is 2. The lowest BCUT2D eigenvalue weighted by atomic mass is 9.95. The Labute approximate surface area is 82.0 Å². The van der Waals surface area contributed by atoms with Gasteiger partial charge in [0.25, 0.3) is 5.91 Å². The summed E-state index contributed by atoms with van der Waals surface area (Å²) in [6.45, 7) is 1.81. The van der Waals surface area contributed by atoms with Crippen LogP contribution in [0.1, 0.15) is 18.4 Å². The molecule has 0 bridgehead atoms. The van der Waals surface area contributed by atoms with E-state index in [-0.39, 0.29) is 11.8 Å². The molecule has 0 saturated heterocycles. The minimum absolute atomic E-state index is 0.172. The Bertz CT molecular complexity index is 386. The fourth-order valence-electron chi connectivity index (χ4n) is 1.62. The van der Waals surface area contributed by atoms with Crippen molar-refractivity contribution in [2.45, 2.75) is 12.8 Å². The lowest BCUT2D eigenvalue weighted by Crippen LogP contribution is -2.31. The van der Waals surface area contributed by atoms with Gasteiger partial charge in [-0.05, 0) is 12.5 Å². The maximum absolute atomic E-state index is 11.6. The van der Waals surface area contributed by atoms with Crippen LogP contribution in [0.15, 0.2) is 35.4 Å². The number of benzene rings is 1. The van der Waals surface area contributed by atoms with E-state index in [1.54, 1.807) is 0 Å². The molecule has 0 radical (unpaired) electrons. The van der Waals surface area contributed by atoms with Crippen LogP contribution >= 0.6 is 0 Å². The van der Waals surface area contributed by atoms with Crippen LogP contribution in [0.5, 0.6) is 0 Å². The number of carbonyl (C=O) groups is 1. The molecule has 1 unspecified atom stereocenters. The van der Waals surface area contributed by atoms with Gasteiger partial charge in [0.1, 0.15) is 5.92 Å². The summed E-state index contributed by atoms with van der Waals surface area (Å²) in [7, 11) is 0. The molecule has 1 aliphatic rings. The van der Waals surface area contributed by atoms with Crippen molar-refractivity contribution in [3.63, 3.8) is 0 Å². The normalized spacial score (nSPS) is 21.3. The SMILES string of the molecule is CC1=NN(N)C(=O)C1c1ccccc1. The zero-order chi connectivity index (χ0) is 10.1. The Morgan fingerprint density at radius 2 is 2.00 bits per heavy atom. The van der Waals surface area contributed by atoms with Crippen LogP contribution < -0.4 is 5.84 Å². The van der Waals surface area contributed by atoms with E-state index < -0.39 is 0 Å². The third kappa shape index (κ3) is 1.29. The first-order valence-electron chi connectivity index (χ1n) is 4.39. The molecular formula is C10H11N3O. The molecule has 1 amide bonds. The summed E-state index contributed by atoms with van der Waals surface area (Å²) in [6, 6.07) is 9.52. The van der Waals surface area contributed by atoms with E-state index in [9.17, 15) is 4.79 Å². The largest absolute Gasteiger partial charge is 0.270 e. The van der Waals surface area contributed by atoms with Crippen molar-refractivity contribution in [3.05, 3.63) is 35.9 Å². The molecule has 0 fully saturated rings. The summed E-state index contributed by atoms with van der Waals surface area (Å²) in [4.78, 5) is 11.6. The molecule has 0 saturated carbocycles. The van der Waals surface area contributed by atoms with Gasteiger partial charge in [-0.25, -0.2) is 5.84 Å². The molecule has 72 valence electrons. The lowest BCUT2D eigenvalue weighted by Gasteiger charge is -2.09. The Morgan fingerprint density at radius 1 is 1.36 bits per heavy atom. The molecule has 1 aliphatic heterocycles. The van der Waals surface area contributed by atoms with Crippen LogP contribution in [-0.2, 0) is 4.79 Å². The minimum Gasteiger partial charge on any atom is -0.270 e.